The number of amides is 1. The topological polar surface area (TPSA) is 70.8 Å². The van der Waals surface area contributed by atoms with E-state index in [1.165, 1.54) is 27.1 Å². The molecule has 0 spiro atoms. The maximum absolute atomic E-state index is 13.2. The Labute approximate surface area is 179 Å². The first-order valence-electron chi connectivity index (χ1n) is 10.5. The Bertz CT molecular complexity index is 1170. The number of hydrogen-bond donors (Lipinski definition) is 0. The number of rotatable bonds is 4. The van der Waals surface area contributed by atoms with Gasteiger partial charge < -0.3 is 9.80 Å². The third-order valence-corrected chi connectivity index (χ3v) is 7.05. The highest BCUT2D eigenvalue weighted by atomic mass is 32.1. The minimum atomic E-state index is -0.157. The van der Waals surface area contributed by atoms with Crippen molar-refractivity contribution in [3.8, 4) is 0 Å². The van der Waals surface area contributed by atoms with Crippen molar-refractivity contribution < 1.29 is 4.79 Å². The van der Waals surface area contributed by atoms with Crippen molar-refractivity contribution in [3.63, 3.8) is 0 Å². The molecule has 1 fully saturated rings. The van der Waals surface area contributed by atoms with E-state index in [9.17, 15) is 9.59 Å². The van der Waals surface area contributed by atoms with Gasteiger partial charge in [0.15, 0.2) is 0 Å². The van der Waals surface area contributed by atoms with Crippen LogP contribution >= 0.6 is 11.3 Å². The summed E-state index contributed by atoms with van der Waals surface area (Å²) in [6.45, 7) is 6.03. The number of carbonyl (C=O) groups is 1. The van der Waals surface area contributed by atoms with E-state index in [1.807, 2.05) is 24.8 Å². The molecule has 0 saturated carbocycles. The molecule has 1 saturated heterocycles. The Balaban J connectivity index is 1.39. The summed E-state index contributed by atoms with van der Waals surface area (Å²) in [5.74, 6) is 0.304. The standard InChI is InChI=1S/C22H25N5O2S/c1-14(2)16-12-19(28)27-22(23-16)30-21(24-27)18-8-5-10-26(18)20(29)13-25-11-9-15-6-3-4-7-17(15)25/h3-4,6-7,12,14,18H,5,8-11,13H2,1-2H3. The van der Waals surface area contributed by atoms with Crippen LogP contribution in [0.25, 0.3) is 4.96 Å². The van der Waals surface area contributed by atoms with Crippen LogP contribution in [0.3, 0.4) is 0 Å². The van der Waals surface area contributed by atoms with Crippen LogP contribution in [-0.4, -0.2) is 45.0 Å². The molecule has 0 bridgehead atoms. The second kappa shape index (κ2) is 7.50. The van der Waals surface area contributed by atoms with Crippen molar-refractivity contribution >= 4 is 27.9 Å². The summed E-state index contributed by atoms with van der Waals surface area (Å²) in [7, 11) is 0. The Morgan fingerprint density at radius 1 is 1.27 bits per heavy atom. The molecular weight excluding hydrogens is 398 g/mol. The molecular formula is C22H25N5O2S. The summed E-state index contributed by atoms with van der Waals surface area (Å²) < 4.78 is 1.38. The maximum atomic E-state index is 13.2. The van der Waals surface area contributed by atoms with E-state index in [2.05, 4.69) is 33.2 Å². The van der Waals surface area contributed by atoms with Crippen LogP contribution in [0.5, 0.6) is 0 Å². The molecule has 0 aliphatic carbocycles. The summed E-state index contributed by atoms with van der Waals surface area (Å²) in [6.07, 6.45) is 2.80. The number of fused-ring (bicyclic) bond motifs is 2. The van der Waals surface area contributed by atoms with Crippen molar-refractivity contribution in [1.82, 2.24) is 19.5 Å². The van der Waals surface area contributed by atoms with Gasteiger partial charge in [-0.15, -0.1) is 0 Å². The molecule has 7 nitrogen and oxygen atoms in total. The maximum Gasteiger partial charge on any atom is 0.275 e. The van der Waals surface area contributed by atoms with Gasteiger partial charge in [0.05, 0.1) is 18.3 Å². The quantitative estimate of drug-likeness (QED) is 0.645. The van der Waals surface area contributed by atoms with Crippen LogP contribution in [0.15, 0.2) is 35.1 Å². The third kappa shape index (κ3) is 3.29. The SMILES string of the molecule is CC(C)c1cc(=O)n2nc(C3CCCN3C(=O)CN3CCc4ccccc43)sc2n1. The van der Waals surface area contributed by atoms with Crippen LogP contribution in [0, 0.1) is 0 Å². The molecule has 5 rings (SSSR count). The fraction of sp³-hybridized carbons (Fsp3) is 0.455. The number of nitrogens with zero attached hydrogens (tertiary/aromatic N) is 5. The summed E-state index contributed by atoms with van der Waals surface area (Å²) in [4.78, 5) is 35.0. The monoisotopic (exact) mass is 423 g/mol. The molecule has 30 heavy (non-hydrogen) atoms. The highest BCUT2D eigenvalue weighted by Gasteiger charge is 2.34. The first-order valence-corrected chi connectivity index (χ1v) is 11.4. The van der Waals surface area contributed by atoms with Crippen LogP contribution in [0.4, 0.5) is 5.69 Å². The van der Waals surface area contributed by atoms with Gasteiger partial charge in [-0.3, -0.25) is 9.59 Å². The second-order valence-corrected chi connectivity index (χ2v) is 9.34. The van der Waals surface area contributed by atoms with Crippen molar-refractivity contribution in [2.75, 3.05) is 24.5 Å². The minimum absolute atomic E-state index is 0.0797. The number of hydrogen-bond acceptors (Lipinski definition) is 6. The van der Waals surface area contributed by atoms with E-state index in [0.717, 1.165) is 43.1 Å². The van der Waals surface area contributed by atoms with E-state index in [1.54, 1.807) is 6.07 Å². The van der Waals surface area contributed by atoms with Crippen molar-refractivity contribution in [1.29, 1.82) is 0 Å². The zero-order valence-corrected chi connectivity index (χ0v) is 18.1. The molecule has 1 atom stereocenters. The van der Waals surface area contributed by atoms with Gasteiger partial charge in [-0.2, -0.15) is 9.61 Å². The second-order valence-electron chi connectivity index (χ2n) is 8.35. The van der Waals surface area contributed by atoms with E-state index >= 15 is 0 Å². The summed E-state index contributed by atoms with van der Waals surface area (Å²) in [5.41, 5.74) is 3.09. The fourth-order valence-electron chi connectivity index (χ4n) is 4.42. The first kappa shape index (κ1) is 19.2. The van der Waals surface area contributed by atoms with Crippen LogP contribution in [-0.2, 0) is 11.2 Å². The lowest BCUT2D eigenvalue weighted by molar-refractivity contribution is -0.130. The molecule has 1 aromatic carbocycles. The molecule has 156 valence electrons. The summed E-state index contributed by atoms with van der Waals surface area (Å²) in [5, 5.41) is 5.35. The van der Waals surface area contributed by atoms with E-state index in [0.29, 0.717) is 11.5 Å². The zero-order valence-electron chi connectivity index (χ0n) is 17.2. The van der Waals surface area contributed by atoms with Gasteiger partial charge in [0.2, 0.25) is 10.9 Å². The van der Waals surface area contributed by atoms with E-state index in [4.69, 9.17) is 0 Å². The summed E-state index contributed by atoms with van der Waals surface area (Å²) in [6, 6.07) is 9.78. The van der Waals surface area contributed by atoms with Crippen LogP contribution in [0.1, 0.15) is 54.9 Å². The van der Waals surface area contributed by atoms with Gasteiger partial charge in [-0.1, -0.05) is 43.4 Å². The highest BCUT2D eigenvalue weighted by molar-refractivity contribution is 7.16. The highest BCUT2D eigenvalue weighted by Crippen LogP contribution is 2.35. The molecule has 0 radical (unpaired) electrons. The molecule has 8 heteroatoms. The van der Waals surface area contributed by atoms with Gasteiger partial charge in [-0.05, 0) is 36.8 Å². The fourth-order valence-corrected chi connectivity index (χ4v) is 5.48. The number of aromatic nitrogens is 3. The molecule has 4 heterocycles. The zero-order chi connectivity index (χ0) is 20.8. The normalized spacial score (nSPS) is 18.6. The molecule has 2 aliphatic heterocycles. The number of anilines is 1. The Kier molecular flexibility index (Phi) is 4.81. The Morgan fingerprint density at radius 2 is 2.10 bits per heavy atom. The molecule has 1 amide bonds. The lowest BCUT2D eigenvalue weighted by atomic mass is 10.1. The van der Waals surface area contributed by atoms with Gasteiger partial charge in [0, 0.05) is 24.8 Å². The lowest BCUT2D eigenvalue weighted by Gasteiger charge is -2.26. The van der Waals surface area contributed by atoms with Crippen LogP contribution in [0.2, 0.25) is 0 Å². The Morgan fingerprint density at radius 3 is 2.93 bits per heavy atom. The van der Waals surface area contributed by atoms with Crippen molar-refractivity contribution in [2.24, 2.45) is 0 Å². The number of benzene rings is 1. The van der Waals surface area contributed by atoms with E-state index in [-0.39, 0.29) is 23.4 Å². The number of likely N-dealkylation sites (tertiary alicyclic amines) is 1. The smallest absolute Gasteiger partial charge is 0.275 e. The lowest BCUT2D eigenvalue weighted by Crippen LogP contribution is -2.39. The van der Waals surface area contributed by atoms with Gasteiger partial charge in [0.25, 0.3) is 5.56 Å². The first-order chi connectivity index (χ1) is 14.5. The number of carbonyl (C=O) groups excluding carboxylic acids is 1. The largest absolute Gasteiger partial charge is 0.362 e. The van der Waals surface area contributed by atoms with Gasteiger partial charge >= 0.3 is 0 Å². The average Bonchev–Trinajstić information content (AvgIpc) is 3.45. The van der Waals surface area contributed by atoms with Gasteiger partial charge in [-0.25, -0.2) is 4.98 Å². The molecule has 3 aromatic rings. The van der Waals surface area contributed by atoms with Crippen LogP contribution < -0.4 is 10.5 Å². The molecule has 2 aromatic heterocycles. The van der Waals surface area contributed by atoms with Crippen molar-refractivity contribution in [2.45, 2.75) is 45.1 Å². The molecule has 2 aliphatic rings. The predicted molar refractivity (Wildman–Crippen MR) is 117 cm³/mol. The predicted octanol–water partition coefficient (Wildman–Crippen LogP) is 3.00. The van der Waals surface area contributed by atoms with E-state index < -0.39 is 0 Å². The number of para-hydroxylation sites is 1. The summed E-state index contributed by atoms with van der Waals surface area (Å²) >= 11 is 1.43. The molecule has 0 N–H and O–H groups in total. The molecule has 1 unspecified atom stereocenters. The Hall–Kier alpha value is -2.74. The van der Waals surface area contributed by atoms with Crippen molar-refractivity contribution in [3.05, 3.63) is 57.0 Å². The average molecular weight is 424 g/mol. The third-order valence-electron chi connectivity index (χ3n) is 6.04. The van der Waals surface area contributed by atoms with Gasteiger partial charge in [0.1, 0.15) is 5.01 Å². The minimum Gasteiger partial charge on any atom is -0.362 e.